The van der Waals surface area contributed by atoms with Crippen molar-refractivity contribution in [1.29, 1.82) is 0 Å². The summed E-state index contributed by atoms with van der Waals surface area (Å²) in [5.41, 5.74) is 4.35. The van der Waals surface area contributed by atoms with E-state index in [0.717, 1.165) is 39.2 Å². The summed E-state index contributed by atoms with van der Waals surface area (Å²) in [6.07, 6.45) is 0. The number of para-hydroxylation sites is 3. The van der Waals surface area contributed by atoms with E-state index in [1.54, 1.807) is 0 Å². The number of benzene rings is 2. The molecule has 0 aliphatic rings. The van der Waals surface area contributed by atoms with E-state index in [-0.39, 0.29) is 0 Å². The number of nitrogens with zero attached hydrogens (tertiary/aromatic N) is 2. The Morgan fingerprint density at radius 1 is 0.850 bits per heavy atom. The summed E-state index contributed by atoms with van der Waals surface area (Å²) in [5.74, 6) is 0.766. The minimum atomic E-state index is 0.766. The van der Waals surface area contributed by atoms with E-state index >= 15 is 0 Å². The van der Waals surface area contributed by atoms with Crippen LogP contribution in [-0.2, 0) is 0 Å². The van der Waals surface area contributed by atoms with Gasteiger partial charge in [0.25, 0.3) is 0 Å². The Balaban J connectivity index is 1.98. The third kappa shape index (κ3) is 1.67. The van der Waals surface area contributed by atoms with E-state index in [4.69, 9.17) is 4.42 Å². The van der Waals surface area contributed by atoms with Crippen molar-refractivity contribution < 1.29 is 4.42 Å². The van der Waals surface area contributed by atoms with Crippen molar-refractivity contribution in [3.63, 3.8) is 0 Å². The van der Waals surface area contributed by atoms with Crippen molar-refractivity contribution >= 4 is 22.0 Å². The molecule has 0 radical (unpaired) electrons. The van der Waals surface area contributed by atoms with Gasteiger partial charge in [0, 0.05) is 5.39 Å². The number of fused-ring (bicyclic) bond motifs is 2. The van der Waals surface area contributed by atoms with Gasteiger partial charge in [-0.15, -0.1) is 0 Å². The summed E-state index contributed by atoms with van der Waals surface area (Å²) >= 11 is 0. The van der Waals surface area contributed by atoms with Gasteiger partial charge in [0.15, 0.2) is 5.76 Å². The quantitative estimate of drug-likeness (QED) is 0.510. The van der Waals surface area contributed by atoms with E-state index in [1.165, 1.54) is 0 Å². The SMILES string of the molecule is Cc1nc2ccccc2nc1-c1cc2ccccc2o1. The molecular weight excluding hydrogens is 248 g/mol. The number of furan rings is 1. The van der Waals surface area contributed by atoms with Crippen LogP contribution in [0.4, 0.5) is 0 Å². The van der Waals surface area contributed by atoms with Crippen molar-refractivity contribution in [3.8, 4) is 11.5 Å². The Morgan fingerprint density at radius 3 is 2.35 bits per heavy atom. The van der Waals surface area contributed by atoms with Crippen molar-refractivity contribution in [2.75, 3.05) is 0 Å². The number of hydrogen-bond donors (Lipinski definition) is 0. The zero-order chi connectivity index (χ0) is 13.5. The molecule has 0 spiro atoms. The Labute approximate surface area is 115 Å². The molecule has 96 valence electrons. The van der Waals surface area contributed by atoms with Crippen molar-refractivity contribution in [2.45, 2.75) is 6.92 Å². The minimum Gasteiger partial charge on any atom is -0.454 e. The zero-order valence-corrected chi connectivity index (χ0v) is 11.0. The lowest BCUT2D eigenvalue weighted by Gasteiger charge is -2.03. The Hall–Kier alpha value is -2.68. The molecule has 2 aromatic heterocycles. The Kier molecular flexibility index (Phi) is 2.33. The highest BCUT2D eigenvalue weighted by Crippen LogP contribution is 2.28. The van der Waals surface area contributed by atoms with Crippen LogP contribution in [0, 0.1) is 6.92 Å². The van der Waals surface area contributed by atoms with Crippen LogP contribution in [0.2, 0.25) is 0 Å². The van der Waals surface area contributed by atoms with E-state index < -0.39 is 0 Å². The van der Waals surface area contributed by atoms with E-state index in [9.17, 15) is 0 Å². The summed E-state index contributed by atoms with van der Waals surface area (Å²) in [6.45, 7) is 1.96. The van der Waals surface area contributed by atoms with Gasteiger partial charge in [0.2, 0.25) is 0 Å². The third-order valence-electron chi connectivity index (χ3n) is 3.40. The van der Waals surface area contributed by atoms with Crippen molar-refractivity contribution in [2.24, 2.45) is 0 Å². The fourth-order valence-electron chi connectivity index (χ4n) is 2.42. The number of hydrogen-bond acceptors (Lipinski definition) is 3. The second-order valence-corrected chi connectivity index (χ2v) is 4.79. The van der Waals surface area contributed by atoms with E-state index in [2.05, 4.69) is 9.97 Å². The molecule has 0 saturated carbocycles. The molecule has 2 heterocycles. The molecule has 4 rings (SSSR count). The molecule has 3 heteroatoms. The number of rotatable bonds is 1. The molecule has 2 aromatic carbocycles. The molecule has 4 aromatic rings. The van der Waals surface area contributed by atoms with Crippen LogP contribution in [0.1, 0.15) is 5.69 Å². The minimum absolute atomic E-state index is 0.766. The third-order valence-corrected chi connectivity index (χ3v) is 3.40. The molecule has 0 bridgehead atoms. The first kappa shape index (κ1) is 11.2. The molecular formula is C17H12N2O. The second-order valence-electron chi connectivity index (χ2n) is 4.79. The Bertz CT molecular complexity index is 891. The molecule has 0 N–H and O–H groups in total. The first-order valence-corrected chi connectivity index (χ1v) is 6.53. The van der Waals surface area contributed by atoms with Crippen LogP contribution in [0.5, 0.6) is 0 Å². The fourth-order valence-corrected chi connectivity index (χ4v) is 2.42. The molecule has 0 amide bonds. The highest BCUT2D eigenvalue weighted by Gasteiger charge is 2.12. The largest absolute Gasteiger partial charge is 0.454 e. The molecule has 0 saturated heterocycles. The maximum absolute atomic E-state index is 5.88. The summed E-state index contributed by atoms with van der Waals surface area (Å²) in [6, 6.07) is 17.8. The molecule has 20 heavy (non-hydrogen) atoms. The first-order valence-electron chi connectivity index (χ1n) is 6.53. The van der Waals surface area contributed by atoms with Gasteiger partial charge in [-0.25, -0.2) is 9.97 Å². The summed E-state index contributed by atoms with van der Waals surface area (Å²) in [4.78, 5) is 9.28. The highest BCUT2D eigenvalue weighted by molar-refractivity contribution is 5.84. The lowest BCUT2D eigenvalue weighted by molar-refractivity contribution is 0.628. The van der Waals surface area contributed by atoms with E-state index in [0.29, 0.717) is 0 Å². The highest BCUT2D eigenvalue weighted by atomic mass is 16.3. The van der Waals surface area contributed by atoms with E-state index in [1.807, 2.05) is 61.5 Å². The van der Waals surface area contributed by atoms with Crippen LogP contribution in [-0.4, -0.2) is 9.97 Å². The van der Waals surface area contributed by atoms with Gasteiger partial charge in [-0.2, -0.15) is 0 Å². The predicted octanol–water partition coefficient (Wildman–Crippen LogP) is 4.35. The first-order chi connectivity index (χ1) is 9.81. The van der Waals surface area contributed by atoms with Gasteiger partial charge in [-0.1, -0.05) is 30.3 Å². The summed E-state index contributed by atoms with van der Waals surface area (Å²) in [5, 5.41) is 1.08. The van der Waals surface area contributed by atoms with Crippen LogP contribution < -0.4 is 0 Å². The monoisotopic (exact) mass is 260 g/mol. The van der Waals surface area contributed by atoms with Crippen molar-refractivity contribution in [1.82, 2.24) is 9.97 Å². The van der Waals surface area contributed by atoms with Gasteiger partial charge >= 0.3 is 0 Å². The summed E-state index contributed by atoms with van der Waals surface area (Å²) in [7, 11) is 0. The van der Waals surface area contributed by atoms with Crippen LogP contribution in [0.15, 0.2) is 59.0 Å². The normalized spacial score (nSPS) is 11.2. The lowest BCUT2D eigenvalue weighted by atomic mass is 10.2. The molecule has 0 atom stereocenters. The van der Waals surface area contributed by atoms with Gasteiger partial charge in [-0.05, 0) is 31.2 Å². The van der Waals surface area contributed by atoms with Crippen LogP contribution >= 0.6 is 0 Å². The van der Waals surface area contributed by atoms with Gasteiger partial charge in [0.05, 0.1) is 16.7 Å². The molecule has 0 unspecified atom stereocenters. The number of aryl methyl sites for hydroxylation is 1. The fraction of sp³-hybridized carbons (Fsp3) is 0.0588. The smallest absolute Gasteiger partial charge is 0.155 e. The second kappa shape index (κ2) is 4.17. The lowest BCUT2D eigenvalue weighted by Crippen LogP contribution is -1.92. The average Bonchev–Trinajstić information content (AvgIpc) is 2.90. The Morgan fingerprint density at radius 2 is 1.55 bits per heavy atom. The standard InChI is InChI=1S/C17H12N2O/c1-11-17(19-14-8-4-3-7-13(14)18-11)16-10-12-6-2-5-9-15(12)20-16/h2-10H,1H3. The maximum atomic E-state index is 5.88. The topological polar surface area (TPSA) is 38.9 Å². The van der Waals surface area contributed by atoms with Gasteiger partial charge in [-0.3, -0.25) is 0 Å². The van der Waals surface area contributed by atoms with Crippen LogP contribution in [0.3, 0.4) is 0 Å². The van der Waals surface area contributed by atoms with Crippen LogP contribution in [0.25, 0.3) is 33.5 Å². The number of aromatic nitrogens is 2. The molecule has 3 nitrogen and oxygen atoms in total. The zero-order valence-electron chi connectivity index (χ0n) is 11.0. The predicted molar refractivity (Wildman–Crippen MR) is 79.5 cm³/mol. The maximum Gasteiger partial charge on any atom is 0.155 e. The molecule has 0 aliphatic heterocycles. The molecule has 0 fully saturated rings. The van der Waals surface area contributed by atoms with Gasteiger partial charge in [0.1, 0.15) is 11.3 Å². The summed E-state index contributed by atoms with van der Waals surface area (Å²) < 4.78 is 5.88. The van der Waals surface area contributed by atoms with Gasteiger partial charge < -0.3 is 4.42 Å². The van der Waals surface area contributed by atoms with Crippen molar-refractivity contribution in [3.05, 3.63) is 60.3 Å². The molecule has 0 aliphatic carbocycles. The average molecular weight is 260 g/mol.